The molecule has 3 rings (SSSR count). The lowest BCUT2D eigenvalue weighted by Crippen LogP contribution is -2.51. The molecule has 0 bridgehead atoms. The number of nitrogens with zero attached hydrogens (tertiary/aromatic N) is 2. The Balaban J connectivity index is 1.53. The molecule has 0 aliphatic carbocycles. The third kappa shape index (κ3) is 4.86. The SMILES string of the molecule is CC(C)(C)c1ccc(NC(=S)N2CCN(C(=O)c3ccccc3)CC2)cc1. The Labute approximate surface area is 167 Å². The quantitative estimate of drug-likeness (QED) is 0.793. The number of amides is 1. The molecule has 0 unspecified atom stereocenters. The number of thiocarbonyl (C=S) groups is 1. The molecule has 1 fully saturated rings. The molecule has 0 aromatic heterocycles. The summed E-state index contributed by atoms with van der Waals surface area (Å²) < 4.78 is 0. The molecule has 1 aliphatic rings. The van der Waals surface area contributed by atoms with E-state index in [2.05, 4.69) is 55.3 Å². The summed E-state index contributed by atoms with van der Waals surface area (Å²) in [6.07, 6.45) is 0. The normalized spacial score (nSPS) is 14.8. The molecule has 142 valence electrons. The van der Waals surface area contributed by atoms with E-state index in [1.807, 2.05) is 35.2 Å². The highest BCUT2D eigenvalue weighted by atomic mass is 32.1. The summed E-state index contributed by atoms with van der Waals surface area (Å²) in [6.45, 7) is 9.45. The lowest BCUT2D eigenvalue weighted by Gasteiger charge is -2.36. The van der Waals surface area contributed by atoms with Crippen LogP contribution in [0.1, 0.15) is 36.7 Å². The fraction of sp³-hybridized carbons (Fsp3) is 0.364. The van der Waals surface area contributed by atoms with E-state index in [4.69, 9.17) is 12.2 Å². The molecule has 2 aromatic rings. The number of nitrogens with one attached hydrogen (secondary N) is 1. The second-order valence-electron chi connectivity index (χ2n) is 7.90. The summed E-state index contributed by atoms with van der Waals surface area (Å²) in [4.78, 5) is 16.6. The van der Waals surface area contributed by atoms with Crippen molar-refractivity contribution in [3.05, 3.63) is 65.7 Å². The van der Waals surface area contributed by atoms with Crippen LogP contribution in [0.2, 0.25) is 0 Å². The van der Waals surface area contributed by atoms with Crippen molar-refractivity contribution in [2.24, 2.45) is 0 Å². The first kappa shape index (κ1) is 19.4. The lowest BCUT2D eigenvalue weighted by molar-refractivity contribution is 0.0693. The number of rotatable bonds is 2. The van der Waals surface area contributed by atoms with Crippen molar-refractivity contribution in [2.45, 2.75) is 26.2 Å². The van der Waals surface area contributed by atoms with Crippen LogP contribution in [0.3, 0.4) is 0 Å². The monoisotopic (exact) mass is 381 g/mol. The van der Waals surface area contributed by atoms with E-state index >= 15 is 0 Å². The summed E-state index contributed by atoms with van der Waals surface area (Å²) in [5, 5.41) is 4.03. The molecule has 0 spiro atoms. The first-order valence-electron chi connectivity index (χ1n) is 9.35. The number of hydrogen-bond acceptors (Lipinski definition) is 2. The highest BCUT2D eigenvalue weighted by Gasteiger charge is 2.23. The van der Waals surface area contributed by atoms with E-state index in [1.54, 1.807) is 0 Å². The Kier molecular flexibility index (Phi) is 5.80. The molecule has 4 nitrogen and oxygen atoms in total. The van der Waals surface area contributed by atoms with Crippen molar-refractivity contribution in [1.29, 1.82) is 0 Å². The van der Waals surface area contributed by atoms with Crippen molar-refractivity contribution in [3.63, 3.8) is 0 Å². The lowest BCUT2D eigenvalue weighted by atomic mass is 9.87. The van der Waals surface area contributed by atoms with Crippen LogP contribution >= 0.6 is 12.2 Å². The van der Waals surface area contributed by atoms with Gasteiger partial charge in [-0.2, -0.15) is 0 Å². The van der Waals surface area contributed by atoms with Gasteiger partial charge in [0.15, 0.2) is 5.11 Å². The minimum atomic E-state index is 0.0897. The fourth-order valence-electron chi connectivity index (χ4n) is 3.13. The summed E-state index contributed by atoms with van der Waals surface area (Å²) in [6, 6.07) is 17.9. The van der Waals surface area contributed by atoms with Crippen LogP contribution in [0.15, 0.2) is 54.6 Å². The Bertz CT molecular complexity index is 789. The number of hydrogen-bond donors (Lipinski definition) is 1. The minimum Gasteiger partial charge on any atom is -0.345 e. The zero-order valence-corrected chi connectivity index (χ0v) is 17.1. The van der Waals surface area contributed by atoms with Gasteiger partial charge in [-0.1, -0.05) is 51.1 Å². The molecule has 1 saturated heterocycles. The second-order valence-corrected chi connectivity index (χ2v) is 8.29. The number of anilines is 1. The van der Waals surface area contributed by atoms with Crippen molar-refractivity contribution < 1.29 is 4.79 Å². The van der Waals surface area contributed by atoms with E-state index in [-0.39, 0.29) is 11.3 Å². The standard InChI is InChI=1S/C22H27N3OS/c1-22(2,3)18-9-11-19(12-10-18)23-21(27)25-15-13-24(14-16-25)20(26)17-7-5-4-6-8-17/h4-12H,13-16H2,1-3H3,(H,23,27). The average Bonchev–Trinajstić information content (AvgIpc) is 2.68. The molecule has 1 aliphatic heterocycles. The number of benzene rings is 2. The molecular formula is C22H27N3OS. The Morgan fingerprint density at radius 3 is 2.00 bits per heavy atom. The van der Waals surface area contributed by atoms with Crippen LogP contribution in [0.4, 0.5) is 5.69 Å². The molecule has 1 amide bonds. The molecule has 27 heavy (non-hydrogen) atoms. The van der Waals surface area contributed by atoms with E-state index in [1.165, 1.54) is 5.56 Å². The number of carbonyl (C=O) groups excluding carboxylic acids is 1. The van der Waals surface area contributed by atoms with Crippen LogP contribution in [-0.4, -0.2) is 47.0 Å². The third-order valence-electron chi connectivity index (χ3n) is 4.88. The zero-order chi connectivity index (χ0) is 19.4. The molecular weight excluding hydrogens is 354 g/mol. The van der Waals surface area contributed by atoms with Gasteiger partial charge in [0.05, 0.1) is 0 Å². The van der Waals surface area contributed by atoms with Crippen LogP contribution in [0.25, 0.3) is 0 Å². The van der Waals surface area contributed by atoms with Gasteiger partial charge in [0.1, 0.15) is 0 Å². The van der Waals surface area contributed by atoms with E-state index in [0.29, 0.717) is 18.2 Å². The van der Waals surface area contributed by atoms with Crippen LogP contribution < -0.4 is 5.32 Å². The molecule has 1 heterocycles. The van der Waals surface area contributed by atoms with Crippen molar-refractivity contribution in [3.8, 4) is 0 Å². The van der Waals surface area contributed by atoms with E-state index in [0.717, 1.165) is 24.3 Å². The molecule has 1 N–H and O–H groups in total. The summed E-state index contributed by atoms with van der Waals surface area (Å²) in [5.41, 5.74) is 3.18. The van der Waals surface area contributed by atoms with Gasteiger partial charge in [-0.05, 0) is 47.5 Å². The van der Waals surface area contributed by atoms with Crippen molar-refractivity contribution in [1.82, 2.24) is 9.80 Å². The maximum Gasteiger partial charge on any atom is 0.253 e. The zero-order valence-electron chi connectivity index (χ0n) is 16.2. The smallest absolute Gasteiger partial charge is 0.253 e. The highest BCUT2D eigenvalue weighted by Crippen LogP contribution is 2.23. The Morgan fingerprint density at radius 2 is 1.44 bits per heavy atom. The van der Waals surface area contributed by atoms with Gasteiger partial charge in [-0.3, -0.25) is 4.79 Å². The molecule has 0 radical (unpaired) electrons. The largest absolute Gasteiger partial charge is 0.345 e. The number of piperazine rings is 1. The highest BCUT2D eigenvalue weighted by molar-refractivity contribution is 7.80. The maximum atomic E-state index is 12.5. The van der Waals surface area contributed by atoms with Gasteiger partial charge >= 0.3 is 0 Å². The first-order chi connectivity index (χ1) is 12.8. The summed E-state index contributed by atoms with van der Waals surface area (Å²) in [5.74, 6) is 0.0897. The first-order valence-corrected chi connectivity index (χ1v) is 9.76. The van der Waals surface area contributed by atoms with Gasteiger partial charge in [-0.15, -0.1) is 0 Å². The third-order valence-corrected chi connectivity index (χ3v) is 5.24. The fourth-order valence-corrected chi connectivity index (χ4v) is 3.43. The van der Waals surface area contributed by atoms with Crippen molar-refractivity contribution >= 4 is 28.9 Å². The minimum absolute atomic E-state index is 0.0897. The summed E-state index contributed by atoms with van der Waals surface area (Å²) in [7, 11) is 0. The molecule has 5 heteroatoms. The Hall–Kier alpha value is -2.40. The molecule has 0 atom stereocenters. The van der Waals surface area contributed by atoms with E-state index in [9.17, 15) is 4.79 Å². The predicted molar refractivity (Wildman–Crippen MR) is 115 cm³/mol. The van der Waals surface area contributed by atoms with Gasteiger partial charge in [0, 0.05) is 37.4 Å². The van der Waals surface area contributed by atoms with Crippen molar-refractivity contribution in [2.75, 3.05) is 31.5 Å². The van der Waals surface area contributed by atoms with Gasteiger partial charge in [-0.25, -0.2) is 0 Å². The van der Waals surface area contributed by atoms with Gasteiger partial charge < -0.3 is 15.1 Å². The van der Waals surface area contributed by atoms with E-state index < -0.39 is 0 Å². The molecule has 2 aromatic carbocycles. The van der Waals surface area contributed by atoms with Gasteiger partial charge in [0.2, 0.25) is 0 Å². The van der Waals surface area contributed by atoms with Crippen LogP contribution in [0.5, 0.6) is 0 Å². The second kappa shape index (κ2) is 8.09. The maximum absolute atomic E-state index is 12.5. The predicted octanol–water partition coefficient (Wildman–Crippen LogP) is 4.14. The van der Waals surface area contributed by atoms with Crippen LogP contribution in [-0.2, 0) is 5.41 Å². The average molecular weight is 382 g/mol. The topological polar surface area (TPSA) is 35.6 Å². The summed E-state index contributed by atoms with van der Waals surface area (Å²) >= 11 is 5.57. The molecule has 0 saturated carbocycles. The van der Waals surface area contributed by atoms with Crippen LogP contribution in [0, 0.1) is 0 Å². The number of carbonyl (C=O) groups is 1. The Morgan fingerprint density at radius 1 is 0.889 bits per heavy atom. The van der Waals surface area contributed by atoms with Gasteiger partial charge in [0.25, 0.3) is 5.91 Å².